The number of rotatable bonds is 6. The first kappa shape index (κ1) is 30.2. The Balaban J connectivity index is 1.92. The molecule has 0 aromatic carbocycles. The molecule has 0 fully saturated rings. The minimum Gasteiger partial charge on any atom is -0.469 e. The first-order valence-electron chi connectivity index (χ1n) is 14.9. The van der Waals surface area contributed by atoms with Crippen molar-refractivity contribution in [1.82, 2.24) is 19.9 Å². The van der Waals surface area contributed by atoms with Crippen molar-refractivity contribution in [3.05, 3.63) is 69.3 Å². The van der Waals surface area contributed by atoms with E-state index in [1.165, 1.54) is 14.2 Å². The molecule has 0 saturated heterocycles. The molecular weight excluding hydrogens is 544 g/mol. The molecule has 2 N–H and O–H groups in total. The molecule has 3 aromatic heterocycles. The number of Topliss-reactive ketones (excluding diaryl/α,β-unsaturated/α-hetero) is 1. The number of aryl methyl sites for hydroxylation is 2. The van der Waals surface area contributed by atoms with Crippen molar-refractivity contribution in [2.75, 3.05) is 14.2 Å². The van der Waals surface area contributed by atoms with E-state index >= 15 is 0 Å². The Labute approximate surface area is 251 Å². The summed E-state index contributed by atoms with van der Waals surface area (Å²) in [6, 6.07) is 7.91. The Morgan fingerprint density at radius 1 is 0.744 bits per heavy atom. The number of hydrogen-bond donors (Lipinski definition) is 2. The molecule has 8 bridgehead atoms. The number of esters is 2. The molecule has 43 heavy (non-hydrogen) atoms. The first-order valence-corrected chi connectivity index (χ1v) is 14.9. The molecule has 0 aliphatic carbocycles. The number of aromatic amines is 2. The Hall–Kier alpha value is -4.27. The van der Waals surface area contributed by atoms with Gasteiger partial charge in [-0.2, -0.15) is 0 Å². The Bertz CT molecular complexity index is 1780. The number of nitrogens with one attached hydrogen (secondary N) is 2. The zero-order chi connectivity index (χ0) is 31.2. The van der Waals surface area contributed by atoms with Crippen molar-refractivity contribution < 1.29 is 23.9 Å². The Morgan fingerprint density at radius 2 is 1.23 bits per heavy atom. The van der Waals surface area contributed by atoms with Crippen molar-refractivity contribution in [2.45, 2.75) is 84.5 Å². The molecule has 9 nitrogen and oxygen atoms in total. The number of hydrogen-bond acceptors (Lipinski definition) is 7. The molecule has 5 heterocycles. The van der Waals surface area contributed by atoms with Gasteiger partial charge in [0.2, 0.25) is 0 Å². The molecule has 0 radical (unpaired) electrons. The van der Waals surface area contributed by atoms with Gasteiger partial charge in [-0.05, 0) is 69.0 Å². The molecule has 4 atom stereocenters. The molecular formula is C34H40N4O5. The molecule has 0 saturated carbocycles. The van der Waals surface area contributed by atoms with Gasteiger partial charge in [-0.3, -0.25) is 19.6 Å². The monoisotopic (exact) mass is 584 g/mol. The second-order valence-corrected chi connectivity index (χ2v) is 11.8. The summed E-state index contributed by atoms with van der Waals surface area (Å²) in [5.74, 6) is -0.577. The van der Waals surface area contributed by atoms with Crippen LogP contribution >= 0.6 is 0 Å². The van der Waals surface area contributed by atoms with Crippen LogP contribution < -0.4 is 0 Å². The lowest BCUT2D eigenvalue weighted by Crippen LogP contribution is -2.07. The van der Waals surface area contributed by atoms with Gasteiger partial charge in [0.25, 0.3) is 0 Å². The highest BCUT2D eigenvalue weighted by atomic mass is 16.5. The largest absolute Gasteiger partial charge is 0.469 e. The SMILES string of the molecule is CC[C@H]1c2cc3[nH]c(cc4nc(cc5[nH]c(cc(n2)[C@@H]1C)c(C(C)=O)c5C)[C@@H](C)[C@@H]4CCC(=O)OC)c(C(=O)OC)c3C. The first-order chi connectivity index (χ1) is 20.5. The molecule has 226 valence electrons. The third-order valence-electron chi connectivity index (χ3n) is 9.29. The van der Waals surface area contributed by atoms with Gasteiger partial charge >= 0.3 is 11.9 Å². The molecule has 2 aliphatic rings. The maximum atomic E-state index is 13.1. The van der Waals surface area contributed by atoms with Crippen molar-refractivity contribution in [3.63, 3.8) is 0 Å². The molecule has 9 heteroatoms. The predicted molar refractivity (Wildman–Crippen MR) is 166 cm³/mol. The molecule has 0 amide bonds. The second kappa shape index (κ2) is 11.8. The number of fused-ring (bicyclic) bond motifs is 8. The maximum absolute atomic E-state index is 13.1. The van der Waals surface area contributed by atoms with E-state index < -0.39 is 5.97 Å². The predicted octanol–water partition coefficient (Wildman–Crippen LogP) is 7.06. The summed E-state index contributed by atoms with van der Waals surface area (Å²) in [6.45, 7) is 11.8. The van der Waals surface area contributed by atoms with Gasteiger partial charge in [-0.15, -0.1) is 0 Å². The van der Waals surface area contributed by atoms with Crippen LogP contribution in [0.5, 0.6) is 0 Å². The van der Waals surface area contributed by atoms with Gasteiger partial charge in [0, 0.05) is 69.5 Å². The van der Waals surface area contributed by atoms with Crippen molar-refractivity contribution >= 4 is 39.8 Å². The van der Waals surface area contributed by atoms with Crippen LogP contribution in [0.1, 0.15) is 125 Å². The van der Waals surface area contributed by atoms with Gasteiger partial charge in [-0.1, -0.05) is 20.8 Å². The van der Waals surface area contributed by atoms with Crippen LogP contribution in [0, 0.1) is 13.8 Å². The zero-order valence-electron chi connectivity index (χ0n) is 26.2. The van der Waals surface area contributed by atoms with Crippen LogP contribution in [0.2, 0.25) is 0 Å². The molecule has 2 aliphatic heterocycles. The summed E-state index contributed by atoms with van der Waals surface area (Å²) in [7, 11) is 2.76. The summed E-state index contributed by atoms with van der Waals surface area (Å²) < 4.78 is 10.1. The van der Waals surface area contributed by atoms with E-state index in [1.807, 2.05) is 38.1 Å². The quantitative estimate of drug-likeness (QED) is 0.235. The second-order valence-electron chi connectivity index (χ2n) is 11.8. The van der Waals surface area contributed by atoms with E-state index in [0.29, 0.717) is 23.1 Å². The third kappa shape index (κ3) is 5.37. The van der Waals surface area contributed by atoms with E-state index in [9.17, 15) is 14.4 Å². The van der Waals surface area contributed by atoms with E-state index in [0.717, 1.165) is 56.9 Å². The van der Waals surface area contributed by atoms with Crippen molar-refractivity contribution in [2.24, 2.45) is 0 Å². The van der Waals surface area contributed by atoms with Gasteiger partial charge in [0.15, 0.2) is 5.78 Å². The average molecular weight is 585 g/mol. The van der Waals surface area contributed by atoms with E-state index in [4.69, 9.17) is 19.4 Å². The van der Waals surface area contributed by atoms with Crippen LogP contribution in [0.3, 0.4) is 0 Å². The number of nitrogens with zero attached hydrogens (tertiary/aromatic N) is 2. The number of ketones is 1. The average Bonchev–Trinajstić information content (AvgIpc) is 3.64. The fourth-order valence-electron chi connectivity index (χ4n) is 6.73. The molecule has 3 aromatic rings. The number of ether oxygens (including phenoxy) is 2. The van der Waals surface area contributed by atoms with E-state index in [2.05, 4.69) is 30.7 Å². The summed E-state index contributed by atoms with van der Waals surface area (Å²) in [6.07, 6.45) is 1.65. The van der Waals surface area contributed by atoms with Crippen LogP contribution in [-0.4, -0.2) is 51.9 Å². The summed E-state index contributed by atoms with van der Waals surface area (Å²) in [5.41, 5.74) is 9.03. The van der Waals surface area contributed by atoms with Gasteiger partial charge in [0.1, 0.15) is 0 Å². The van der Waals surface area contributed by atoms with Gasteiger partial charge < -0.3 is 19.4 Å². The lowest BCUT2D eigenvalue weighted by atomic mass is 9.87. The standard InChI is InChI=1S/C34H40N4O5/c1-9-21-16(2)24-14-29-32(20(6)39)18(4)25(37-29)12-23-17(3)22(10-11-31(40)42-7)28(36-23)15-30-33(34(41)43-8)19(5)26(38-30)13-27(21)35-24/h12-17,21-22,37-38H,9-11H2,1-8H3/t16-,17+,21-,22+/m1/s1. The van der Waals surface area contributed by atoms with Crippen LogP contribution in [0.4, 0.5) is 0 Å². The summed E-state index contributed by atoms with van der Waals surface area (Å²) in [4.78, 5) is 55.1. The highest BCUT2D eigenvalue weighted by Crippen LogP contribution is 2.42. The van der Waals surface area contributed by atoms with Gasteiger partial charge in [0.05, 0.1) is 30.8 Å². The topological polar surface area (TPSA) is 127 Å². The van der Waals surface area contributed by atoms with Crippen LogP contribution in [0.15, 0.2) is 24.3 Å². The van der Waals surface area contributed by atoms with E-state index in [1.54, 1.807) is 6.92 Å². The number of aromatic nitrogens is 4. The van der Waals surface area contributed by atoms with Crippen LogP contribution in [-0.2, 0) is 14.3 Å². The zero-order valence-corrected chi connectivity index (χ0v) is 26.2. The lowest BCUT2D eigenvalue weighted by molar-refractivity contribution is -0.140. The smallest absolute Gasteiger partial charge is 0.340 e. The number of H-pyrrole nitrogens is 2. The Morgan fingerprint density at radius 3 is 1.79 bits per heavy atom. The molecule has 5 rings (SSSR count). The number of carbonyl (C=O) groups excluding carboxylic acids is 3. The minimum atomic E-state index is -0.438. The lowest BCUT2D eigenvalue weighted by Gasteiger charge is -2.15. The number of methoxy groups -OCH3 is 2. The fourth-order valence-corrected chi connectivity index (χ4v) is 6.73. The molecule has 0 spiro atoms. The van der Waals surface area contributed by atoms with E-state index in [-0.39, 0.29) is 41.8 Å². The minimum absolute atomic E-state index is 0.0193. The van der Waals surface area contributed by atoms with Crippen molar-refractivity contribution in [1.29, 1.82) is 0 Å². The highest BCUT2D eigenvalue weighted by molar-refractivity contribution is 6.05. The normalized spacial score (nSPS) is 19.7. The highest BCUT2D eigenvalue weighted by Gasteiger charge is 2.31. The van der Waals surface area contributed by atoms with Crippen molar-refractivity contribution in [3.8, 4) is 0 Å². The molecule has 0 unspecified atom stereocenters. The summed E-state index contributed by atoms with van der Waals surface area (Å²) in [5, 5.41) is 0. The van der Waals surface area contributed by atoms with Gasteiger partial charge in [-0.25, -0.2) is 4.79 Å². The number of carbonyl (C=O) groups is 3. The third-order valence-corrected chi connectivity index (χ3v) is 9.29. The van der Waals surface area contributed by atoms with Crippen LogP contribution in [0.25, 0.3) is 22.1 Å². The Kier molecular flexibility index (Phi) is 8.27. The summed E-state index contributed by atoms with van der Waals surface area (Å²) >= 11 is 0. The maximum Gasteiger partial charge on any atom is 0.340 e. The fraction of sp³-hybridized carbons (Fsp3) is 0.441.